The minimum Gasteiger partial charge on any atom is -0.459 e. The highest BCUT2D eigenvalue weighted by molar-refractivity contribution is 6.09. The molecule has 0 bridgehead atoms. The van der Waals surface area contributed by atoms with Crippen LogP contribution < -0.4 is 15.1 Å². The standard InChI is InChI=1S/C28H33N3O3/c1-19-11-16-24(20(2)18-19)31(28(33)25-10-7-17-34-25)26(27(32)29-22-8-5-6-9-22)21-12-14-23(15-13-21)30(3)4/h7,10-18,22,26H,5-6,8-9H2,1-4H3,(H,29,32). The average molecular weight is 460 g/mol. The first-order valence-electron chi connectivity index (χ1n) is 11.9. The lowest BCUT2D eigenvalue weighted by molar-refractivity contribution is -0.123. The molecule has 1 N–H and O–H groups in total. The van der Waals surface area contributed by atoms with Gasteiger partial charge in [-0.05, 0) is 68.1 Å². The van der Waals surface area contributed by atoms with Gasteiger partial charge in [0.25, 0.3) is 5.91 Å². The number of amides is 2. The Labute approximate surface area is 201 Å². The molecule has 34 heavy (non-hydrogen) atoms. The first-order valence-corrected chi connectivity index (χ1v) is 11.9. The van der Waals surface area contributed by atoms with Crippen LogP contribution in [-0.2, 0) is 4.79 Å². The summed E-state index contributed by atoms with van der Waals surface area (Å²) in [4.78, 5) is 31.3. The maximum Gasteiger partial charge on any atom is 0.294 e. The molecule has 0 aliphatic heterocycles. The van der Waals surface area contributed by atoms with Crippen molar-refractivity contribution in [3.05, 3.63) is 83.3 Å². The zero-order valence-corrected chi connectivity index (χ0v) is 20.4. The zero-order valence-electron chi connectivity index (χ0n) is 20.4. The Morgan fingerprint density at radius 2 is 1.71 bits per heavy atom. The van der Waals surface area contributed by atoms with Crippen molar-refractivity contribution < 1.29 is 14.0 Å². The monoisotopic (exact) mass is 459 g/mol. The molecule has 0 radical (unpaired) electrons. The van der Waals surface area contributed by atoms with E-state index >= 15 is 0 Å². The van der Waals surface area contributed by atoms with Crippen molar-refractivity contribution in [2.45, 2.75) is 51.6 Å². The highest BCUT2D eigenvalue weighted by atomic mass is 16.3. The minimum absolute atomic E-state index is 0.135. The molecule has 1 fully saturated rings. The van der Waals surface area contributed by atoms with Gasteiger partial charge in [-0.15, -0.1) is 0 Å². The first-order chi connectivity index (χ1) is 16.3. The molecule has 4 rings (SSSR count). The molecule has 2 aromatic carbocycles. The van der Waals surface area contributed by atoms with Crippen LogP contribution in [0.4, 0.5) is 11.4 Å². The van der Waals surface area contributed by atoms with Crippen molar-refractivity contribution in [1.29, 1.82) is 0 Å². The summed E-state index contributed by atoms with van der Waals surface area (Å²) in [5, 5.41) is 3.22. The lowest BCUT2D eigenvalue weighted by atomic mass is 9.99. The number of anilines is 2. The fourth-order valence-electron chi connectivity index (χ4n) is 4.68. The van der Waals surface area contributed by atoms with E-state index in [2.05, 4.69) is 5.32 Å². The van der Waals surface area contributed by atoms with Gasteiger partial charge in [-0.1, -0.05) is 42.7 Å². The molecule has 2 amide bonds. The number of nitrogens with one attached hydrogen (secondary N) is 1. The quantitative estimate of drug-likeness (QED) is 0.513. The van der Waals surface area contributed by atoms with Gasteiger partial charge in [0.15, 0.2) is 5.76 Å². The number of benzene rings is 2. The van der Waals surface area contributed by atoms with Crippen LogP contribution in [0.15, 0.2) is 65.3 Å². The Bertz CT molecular complexity index is 1130. The van der Waals surface area contributed by atoms with Crippen LogP contribution in [0.25, 0.3) is 0 Å². The van der Waals surface area contributed by atoms with Crippen LogP contribution in [0.1, 0.15) is 59.0 Å². The van der Waals surface area contributed by atoms with Gasteiger partial charge >= 0.3 is 0 Å². The van der Waals surface area contributed by atoms with Gasteiger partial charge in [0, 0.05) is 31.5 Å². The molecular formula is C28H33N3O3. The molecular weight excluding hydrogens is 426 g/mol. The van der Waals surface area contributed by atoms with E-state index in [1.165, 1.54) is 6.26 Å². The number of carbonyl (C=O) groups excluding carboxylic acids is 2. The number of hydrogen-bond donors (Lipinski definition) is 1. The Morgan fingerprint density at radius 1 is 1.00 bits per heavy atom. The van der Waals surface area contributed by atoms with Crippen molar-refractivity contribution in [3.63, 3.8) is 0 Å². The number of aryl methyl sites for hydroxylation is 2. The maximum atomic E-state index is 13.8. The molecule has 6 nitrogen and oxygen atoms in total. The molecule has 1 aromatic heterocycles. The minimum atomic E-state index is -0.837. The Hall–Kier alpha value is -3.54. The fourth-order valence-corrected chi connectivity index (χ4v) is 4.68. The Morgan fingerprint density at radius 3 is 2.29 bits per heavy atom. The normalized spacial score (nSPS) is 14.6. The maximum absolute atomic E-state index is 13.8. The van der Waals surface area contributed by atoms with Crippen LogP contribution in [0.2, 0.25) is 0 Å². The van der Waals surface area contributed by atoms with Gasteiger partial charge in [0.1, 0.15) is 6.04 Å². The highest BCUT2D eigenvalue weighted by Crippen LogP contribution is 2.34. The van der Waals surface area contributed by atoms with Gasteiger partial charge < -0.3 is 14.6 Å². The Kier molecular flexibility index (Phi) is 7.06. The van der Waals surface area contributed by atoms with Crippen LogP contribution in [0.3, 0.4) is 0 Å². The predicted molar refractivity (Wildman–Crippen MR) is 135 cm³/mol. The van der Waals surface area contributed by atoms with Gasteiger partial charge in [-0.3, -0.25) is 14.5 Å². The number of furan rings is 1. The van der Waals surface area contributed by atoms with Crippen molar-refractivity contribution in [1.82, 2.24) is 5.32 Å². The molecule has 1 atom stereocenters. The largest absolute Gasteiger partial charge is 0.459 e. The third-order valence-electron chi connectivity index (χ3n) is 6.50. The lowest BCUT2D eigenvalue weighted by Gasteiger charge is -2.33. The molecule has 1 saturated carbocycles. The summed E-state index contributed by atoms with van der Waals surface area (Å²) in [6.45, 7) is 3.98. The smallest absolute Gasteiger partial charge is 0.294 e. The third kappa shape index (κ3) is 5.01. The van der Waals surface area contributed by atoms with E-state index in [0.717, 1.165) is 48.1 Å². The van der Waals surface area contributed by atoms with Crippen molar-refractivity contribution in [2.24, 2.45) is 0 Å². The Balaban J connectivity index is 1.83. The molecule has 178 valence electrons. The van der Waals surface area contributed by atoms with Gasteiger partial charge in [0.2, 0.25) is 5.91 Å². The van der Waals surface area contributed by atoms with E-state index < -0.39 is 6.04 Å². The second kappa shape index (κ2) is 10.2. The predicted octanol–water partition coefficient (Wildman–Crippen LogP) is 5.41. The van der Waals surface area contributed by atoms with Gasteiger partial charge in [-0.2, -0.15) is 0 Å². The van der Waals surface area contributed by atoms with E-state index in [0.29, 0.717) is 5.69 Å². The second-order valence-corrected chi connectivity index (χ2v) is 9.32. The summed E-state index contributed by atoms with van der Waals surface area (Å²) in [6, 6.07) is 16.3. The molecule has 1 unspecified atom stereocenters. The zero-order chi connectivity index (χ0) is 24.2. The van der Waals surface area contributed by atoms with E-state index in [1.54, 1.807) is 17.0 Å². The lowest BCUT2D eigenvalue weighted by Crippen LogP contribution is -2.46. The number of nitrogens with zero attached hydrogens (tertiary/aromatic N) is 2. The fraction of sp³-hybridized carbons (Fsp3) is 0.357. The number of hydrogen-bond acceptors (Lipinski definition) is 4. The number of rotatable bonds is 7. The van der Waals surface area contributed by atoms with Gasteiger partial charge in [-0.25, -0.2) is 0 Å². The second-order valence-electron chi connectivity index (χ2n) is 9.32. The molecule has 1 aliphatic carbocycles. The molecule has 0 spiro atoms. The summed E-state index contributed by atoms with van der Waals surface area (Å²) in [7, 11) is 3.95. The van der Waals surface area contributed by atoms with E-state index in [1.807, 2.05) is 75.3 Å². The molecule has 0 saturated heterocycles. The molecule has 3 aromatic rings. The van der Waals surface area contributed by atoms with Gasteiger partial charge in [0.05, 0.1) is 6.26 Å². The molecule has 1 aliphatic rings. The molecule has 6 heteroatoms. The summed E-state index contributed by atoms with van der Waals surface area (Å²) < 4.78 is 5.48. The van der Waals surface area contributed by atoms with Crippen LogP contribution >= 0.6 is 0 Å². The van der Waals surface area contributed by atoms with Crippen LogP contribution in [-0.4, -0.2) is 32.0 Å². The van der Waals surface area contributed by atoms with Crippen molar-refractivity contribution in [3.8, 4) is 0 Å². The topological polar surface area (TPSA) is 65.8 Å². The highest BCUT2D eigenvalue weighted by Gasteiger charge is 2.36. The third-order valence-corrected chi connectivity index (χ3v) is 6.50. The number of carbonyl (C=O) groups is 2. The van der Waals surface area contributed by atoms with E-state index in [9.17, 15) is 9.59 Å². The average Bonchev–Trinajstić information content (AvgIpc) is 3.52. The van der Waals surface area contributed by atoms with Crippen molar-refractivity contribution >= 4 is 23.2 Å². The SMILES string of the molecule is Cc1ccc(N(C(=O)c2ccco2)C(C(=O)NC2CCCC2)c2ccc(N(C)C)cc2)c(C)c1. The molecule has 1 heterocycles. The summed E-state index contributed by atoms with van der Waals surface area (Å²) in [5.74, 6) is -0.326. The summed E-state index contributed by atoms with van der Waals surface area (Å²) >= 11 is 0. The summed E-state index contributed by atoms with van der Waals surface area (Å²) in [6.07, 6.45) is 5.63. The van der Waals surface area contributed by atoms with E-state index in [4.69, 9.17) is 4.42 Å². The first kappa shape index (κ1) is 23.6. The van der Waals surface area contributed by atoms with Crippen LogP contribution in [0, 0.1) is 13.8 Å². The summed E-state index contributed by atoms with van der Waals surface area (Å²) in [5.41, 5.74) is 4.47. The van der Waals surface area contributed by atoms with Crippen molar-refractivity contribution in [2.75, 3.05) is 23.9 Å². The van der Waals surface area contributed by atoms with E-state index in [-0.39, 0.29) is 23.6 Å². The van der Waals surface area contributed by atoms with Crippen LogP contribution in [0.5, 0.6) is 0 Å².